The SMILES string of the molecule is CC(=O)Nc1cccc(N2C(=O)C(=O)/C(=C(/O)c3cccc(Cl)c3)C2c2ccccn2)c1. The number of aliphatic hydroxyl groups is 1. The van der Waals surface area contributed by atoms with Gasteiger partial charge in [0.2, 0.25) is 5.91 Å². The van der Waals surface area contributed by atoms with Gasteiger partial charge in [-0.1, -0.05) is 35.9 Å². The molecular formula is C24H18ClN3O4. The maximum atomic E-state index is 13.1. The van der Waals surface area contributed by atoms with Gasteiger partial charge in [0.15, 0.2) is 0 Å². The lowest BCUT2D eigenvalue weighted by atomic mass is 9.98. The third kappa shape index (κ3) is 3.98. The normalized spacial score (nSPS) is 17.4. The van der Waals surface area contributed by atoms with Crippen molar-refractivity contribution in [3.63, 3.8) is 0 Å². The highest BCUT2D eigenvalue weighted by Crippen LogP contribution is 2.42. The van der Waals surface area contributed by atoms with Crippen LogP contribution >= 0.6 is 11.6 Å². The Morgan fingerprint density at radius 2 is 1.84 bits per heavy atom. The Balaban J connectivity index is 1.91. The van der Waals surface area contributed by atoms with Gasteiger partial charge >= 0.3 is 0 Å². The van der Waals surface area contributed by atoms with E-state index in [4.69, 9.17) is 11.6 Å². The minimum absolute atomic E-state index is 0.0964. The second-order valence-corrected chi connectivity index (χ2v) is 7.60. The number of pyridine rings is 1. The Bertz CT molecular complexity index is 1260. The van der Waals surface area contributed by atoms with E-state index < -0.39 is 17.7 Å². The van der Waals surface area contributed by atoms with Crippen LogP contribution in [0.15, 0.2) is 78.5 Å². The summed E-state index contributed by atoms with van der Waals surface area (Å²) in [4.78, 5) is 43.3. The van der Waals surface area contributed by atoms with Crippen LogP contribution in [0.2, 0.25) is 5.02 Å². The number of amides is 2. The van der Waals surface area contributed by atoms with Crippen LogP contribution in [0.1, 0.15) is 24.2 Å². The summed E-state index contributed by atoms with van der Waals surface area (Å²) in [7, 11) is 0. The van der Waals surface area contributed by atoms with Gasteiger partial charge in [0.25, 0.3) is 11.7 Å². The molecule has 0 saturated carbocycles. The van der Waals surface area contributed by atoms with Gasteiger partial charge in [-0.25, -0.2) is 0 Å². The zero-order valence-electron chi connectivity index (χ0n) is 16.9. The summed E-state index contributed by atoms with van der Waals surface area (Å²) in [5, 5.41) is 14.1. The van der Waals surface area contributed by atoms with Gasteiger partial charge in [-0.3, -0.25) is 24.3 Å². The fraction of sp³-hybridized carbons (Fsp3) is 0.0833. The maximum Gasteiger partial charge on any atom is 0.300 e. The molecule has 0 radical (unpaired) electrons. The second kappa shape index (κ2) is 8.64. The highest BCUT2D eigenvalue weighted by Gasteiger charge is 2.47. The summed E-state index contributed by atoms with van der Waals surface area (Å²) in [5.41, 5.74) is 1.45. The van der Waals surface area contributed by atoms with E-state index >= 15 is 0 Å². The Hall–Kier alpha value is -3.97. The number of halogens is 1. The quantitative estimate of drug-likeness (QED) is 0.352. The van der Waals surface area contributed by atoms with E-state index in [1.807, 2.05) is 0 Å². The predicted octanol–water partition coefficient (Wildman–Crippen LogP) is 4.32. The smallest absolute Gasteiger partial charge is 0.300 e. The first-order chi connectivity index (χ1) is 15.4. The van der Waals surface area contributed by atoms with Crippen molar-refractivity contribution in [3.05, 3.63) is 94.8 Å². The van der Waals surface area contributed by atoms with Crippen molar-refractivity contribution < 1.29 is 19.5 Å². The van der Waals surface area contributed by atoms with Crippen molar-refractivity contribution in [1.29, 1.82) is 0 Å². The predicted molar refractivity (Wildman–Crippen MR) is 121 cm³/mol. The van der Waals surface area contributed by atoms with Crippen LogP contribution in [0.4, 0.5) is 11.4 Å². The van der Waals surface area contributed by atoms with Gasteiger partial charge in [-0.2, -0.15) is 0 Å². The van der Waals surface area contributed by atoms with E-state index in [0.717, 1.165) is 0 Å². The van der Waals surface area contributed by atoms with Gasteiger partial charge in [0, 0.05) is 35.1 Å². The molecule has 160 valence electrons. The number of aromatic nitrogens is 1. The third-order valence-electron chi connectivity index (χ3n) is 4.96. The topological polar surface area (TPSA) is 99.6 Å². The van der Waals surface area contributed by atoms with E-state index in [1.165, 1.54) is 17.9 Å². The molecule has 1 unspecified atom stereocenters. The summed E-state index contributed by atoms with van der Waals surface area (Å²) in [5.74, 6) is -2.28. The van der Waals surface area contributed by atoms with Crippen molar-refractivity contribution in [3.8, 4) is 0 Å². The molecule has 1 aliphatic rings. The van der Waals surface area contributed by atoms with Crippen LogP contribution in [-0.4, -0.2) is 27.7 Å². The summed E-state index contributed by atoms with van der Waals surface area (Å²) >= 11 is 6.05. The number of nitrogens with one attached hydrogen (secondary N) is 1. The van der Waals surface area contributed by atoms with Crippen LogP contribution in [0, 0.1) is 0 Å². The zero-order valence-corrected chi connectivity index (χ0v) is 17.7. The first kappa shape index (κ1) is 21.3. The maximum absolute atomic E-state index is 13.1. The first-order valence-electron chi connectivity index (χ1n) is 9.72. The number of benzene rings is 2. The van der Waals surface area contributed by atoms with E-state index in [9.17, 15) is 19.5 Å². The number of carbonyl (C=O) groups is 3. The number of hydrogen-bond donors (Lipinski definition) is 2. The summed E-state index contributed by atoms with van der Waals surface area (Å²) in [6.07, 6.45) is 1.54. The van der Waals surface area contributed by atoms with E-state index in [1.54, 1.807) is 66.9 Å². The number of nitrogens with zero attached hydrogens (tertiary/aromatic N) is 2. The summed E-state index contributed by atoms with van der Waals surface area (Å²) in [6.45, 7) is 1.37. The van der Waals surface area contributed by atoms with Gasteiger partial charge in [-0.05, 0) is 42.5 Å². The number of hydrogen-bond acceptors (Lipinski definition) is 5. The molecule has 2 aromatic carbocycles. The molecule has 1 aromatic heterocycles. The third-order valence-corrected chi connectivity index (χ3v) is 5.19. The lowest BCUT2D eigenvalue weighted by Gasteiger charge is -2.25. The monoisotopic (exact) mass is 447 g/mol. The lowest BCUT2D eigenvalue weighted by molar-refractivity contribution is -0.132. The van der Waals surface area contributed by atoms with Crippen LogP contribution in [0.5, 0.6) is 0 Å². The fourth-order valence-electron chi connectivity index (χ4n) is 3.64. The van der Waals surface area contributed by atoms with Crippen LogP contribution in [0.3, 0.4) is 0 Å². The molecule has 0 bridgehead atoms. The van der Waals surface area contributed by atoms with Gasteiger partial charge in [0.05, 0.1) is 11.3 Å². The Morgan fingerprint density at radius 1 is 1.06 bits per heavy atom. The number of rotatable bonds is 4. The molecule has 7 nitrogen and oxygen atoms in total. The van der Waals surface area contributed by atoms with E-state index in [2.05, 4.69) is 10.3 Å². The van der Waals surface area contributed by atoms with E-state index in [-0.39, 0.29) is 17.2 Å². The lowest BCUT2D eigenvalue weighted by Crippen LogP contribution is -2.30. The molecule has 1 atom stereocenters. The Kier molecular flexibility index (Phi) is 5.75. The van der Waals surface area contributed by atoms with Crippen molar-refractivity contribution in [1.82, 2.24) is 4.98 Å². The molecule has 2 heterocycles. The highest BCUT2D eigenvalue weighted by molar-refractivity contribution is 6.51. The highest BCUT2D eigenvalue weighted by atomic mass is 35.5. The van der Waals surface area contributed by atoms with Crippen molar-refractivity contribution in [2.24, 2.45) is 0 Å². The second-order valence-electron chi connectivity index (χ2n) is 7.17. The van der Waals surface area contributed by atoms with Gasteiger partial charge in [-0.15, -0.1) is 0 Å². The number of ketones is 1. The van der Waals surface area contributed by atoms with Crippen LogP contribution in [-0.2, 0) is 14.4 Å². The Labute approximate surface area is 189 Å². The minimum atomic E-state index is -0.970. The van der Waals surface area contributed by atoms with Crippen molar-refractivity contribution in [2.75, 3.05) is 10.2 Å². The number of Topliss-reactive ketones (excluding diaryl/α,β-unsaturated/α-hetero) is 1. The summed E-state index contributed by atoms with van der Waals surface area (Å²) in [6, 6.07) is 17.1. The minimum Gasteiger partial charge on any atom is -0.507 e. The van der Waals surface area contributed by atoms with Crippen molar-refractivity contribution in [2.45, 2.75) is 13.0 Å². The van der Waals surface area contributed by atoms with Crippen molar-refractivity contribution >= 4 is 46.3 Å². The van der Waals surface area contributed by atoms with Crippen LogP contribution in [0.25, 0.3) is 5.76 Å². The fourth-order valence-corrected chi connectivity index (χ4v) is 3.83. The molecule has 32 heavy (non-hydrogen) atoms. The Morgan fingerprint density at radius 3 is 2.53 bits per heavy atom. The molecule has 1 fully saturated rings. The number of anilines is 2. The van der Waals surface area contributed by atoms with Gasteiger partial charge in [0.1, 0.15) is 11.8 Å². The first-order valence-corrected chi connectivity index (χ1v) is 10.1. The molecule has 4 rings (SSSR count). The molecule has 1 saturated heterocycles. The number of carbonyl (C=O) groups excluding carboxylic acids is 3. The average molecular weight is 448 g/mol. The number of aliphatic hydroxyl groups excluding tert-OH is 1. The largest absolute Gasteiger partial charge is 0.507 e. The molecule has 3 aromatic rings. The summed E-state index contributed by atoms with van der Waals surface area (Å²) < 4.78 is 0. The average Bonchev–Trinajstić information content (AvgIpc) is 3.04. The molecule has 1 aliphatic heterocycles. The zero-order chi connectivity index (χ0) is 22.8. The molecule has 2 N–H and O–H groups in total. The molecule has 8 heteroatoms. The molecule has 2 amide bonds. The van der Waals surface area contributed by atoms with Crippen LogP contribution < -0.4 is 10.2 Å². The molecular weight excluding hydrogens is 430 g/mol. The van der Waals surface area contributed by atoms with Gasteiger partial charge < -0.3 is 10.4 Å². The van der Waals surface area contributed by atoms with E-state index in [0.29, 0.717) is 27.7 Å². The molecule has 0 aliphatic carbocycles. The standard InChI is InChI=1S/C24H18ClN3O4/c1-14(29)27-17-8-5-9-18(13-17)28-21(19-10-2-3-11-26-19)20(23(31)24(28)32)22(30)15-6-4-7-16(25)12-15/h2-13,21,30H,1H3,(H,27,29)/b22-20+. The molecule has 0 spiro atoms.